The monoisotopic (exact) mass is 317 g/mol. The van der Waals surface area contributed by atoms with Crippen LogP contribution in [0.4, 0.5) is 11.8 Å². The van der Waals surface area contributed by atoms with E-state index >= 15 is 0 Å². The third-order valence-electron chi connectivity index (χ3n) is 3.76. The number of aromatic nitrogens is 5. The molecule has 0 radical (unpaired) electrons. The van der Waals surface area contributed by atoms with Crippen LogP contribution in [0, 0.1) is 0 Å². The first-order valence-corrected chi connectivity index (χ1v) is 7.46. The molecule has 24 heavy (non-hydrogen) atoms. The van der Waals surface area contributed by atoms with Gasteiger partial charge in [0.25, 0.3) is 0 Å². The summed E-state index contributed by atoms with van der Waals surface area (Å²) in [6, 6.07) is 12.1. The number of hydrogen-bond acceptors (Lipinski definition) is 6. The van der Waals surface area contributed by atoms with Gasteiger partial charge in [-0.25, -0.2) is 9.97 Å². The Balaban J connectivity index is 1.63. The van der Waals surface area contributed by atoms with E-state index < -0.39 is 0 Å². The number of nitrogens with zero attached hydrogens (tertiary/aromatic N) is 4. The number of nitrogens with one attached hydrogen (secondary N) is 1. The van der Waals surface area contributed by atoms with Gasteiger partial charge in [-0.1, -0.05) is 24.3 Å². The van der Waals surface area contributed by atoms with Crippen molar-refractivity contribution in [1.29, 1.82) is 0 Å². The standard InChI is InChI=1S/C17H15N7/c18-14-13-16(24-17(19)22-14)23-15(21-13)12-3-1-10(2-4-12)9-11-5-7-20-8-6-11/h1-8H,9H2,(H5,18,19,21,22,23,24). The van der Waals surface area contributed by atoms with Gasteiger partial charge < -0.3 is 16.5 Å². The highest BCUT2D eigenvalue weighted by Crippen LogP contribution is 2.27. The number of H-pyrrole nitrogens is 1. The quantitative estimate of drug-likeness (QED) is 0.532. The van der Waals surface area contributed by atoms with Gasteiger partial charge in [0.2, 0.25) is 5.95 Å². The normalized spacial score (nSPS) is 11.0. The maximum Gasteiger partial charge on any atom is 0.201 e. The number of pyridine rings is 1. The average Bonchev–Trinajstić information content (AvgIpc) is 3.01. The van der Waals surface area contributed by atoms with E-state index in [1.807, 2.05) is 24.3 Å². The van der Waals surface area contributed by atoms with Crippen molar-refractivity contribution in [2.75, 3.05) is 11.5 Å². The zero-order valence-electron chi connectivity index (χ0n) is 12.8. The molecule has 2 aliphatic heterocycles. The van der Waals surface area contributed by atoms with Crippen molar-refractivity contribution < 1.29 is 0 Å². The lowest BCUT2D eigenvalue weighted by atomic mass is 10.0. The molecule has 0 saturated heterocycles. The van der Waals surface area contributed by atoms with Gasteiger partial charge in [-0.3, -0.25) is 4.98 Å². The zero-order chi connectivity index (χ0) is 16.5. The van der Waals surface area contributed by atoms with Gasteiger partial charge in [-0.2, -0.15) is 4.98 Å². The highest BCUT2D eigenvalue weighted by molar-refractivity contribution is 5.72. The summed E-state index contributed by atoms with van der Waals surface area (Å²) in [4.78, 5) is 19.8. The minimum atomic E-state index is 0.221. The predicted octanol–water partition coefficient (Wildman–Crippen LogP) is 2.12. The second kappa shape index (κ2) is 5.62. The number of aromatic amines is 1. The Morgan fingerprint density at radius 3 is 2.25 bits per heavy atom. The Bertz CT molecular complexity index is 945. The van der Waals surface area contributed by atoms with Gasteiger partial charge in [-0.05, 0) is 29.7 Å². The summed E-state index contributed by atoms with van der Waals surface area (Å²) in [5.41, 5.74) is 15.4. The number of imidazole rings is 1. The molecule has 2 aliphatic rings. The van der Waals surface area contributed by atoms with E-state index in [-0.39, 0.29) is 5.95 Å². The van der Waals surface area contributed by atoms with Crippen LogP contribution in [-0.2, 0) is 6.42 Å². The average molecular weight is 317 g/mol. The summed E-state index contributed by atoms with van der Waals surface area (Å²) < 4.78 is 0. The fraction of sp³-hybridized carbons (Fsp3) is 0.0588. The Hall–Kier alpha value is -3.48. The second-order valence-electron chi connectivity index (χ2n) is 5.48. The number of nitrogen functional groups attached to an aromatic ring is 2. The van der Waals surface area contributed by atoms with Gasteiger partial charge in [0, 0.05) is 18.0 Å². The van der Waals surface area contributed by atoms with Crippen LogP contribution >= 0.6 is 0 Å². The predicted molar refractivity (Wildman–Crippen MR) is 92.1 cm³/mol. The van der Waals surface area contributed by atoms with E-state index in [0.717, 1.165) is 12.0 Å². The minimum Gasteiger partial charge on any atom is -0.383 e. The van der Waals surface area contributed by atoms with Crippen LogP contribution in [0.15, 0.2) is 48.8 Å². The van der Waals surface area contributed by atoms with Gasteiger partial charge in [0.1, 0.15) is 5.82 Å². The first-order valence-electron chi connectivity index (χ1n) is 7.46. The lowest BCUT2D eigenvalue weighted by Gasteiger charge is -2.02. The number of anilines is 2. The third kappa shape index (κ3) is 2.63. The molecule has 3 heterocycles. The molecule has 7 nitrogen and oxygen atoms in total. The van der Waals surface area contributed by atoms with E-state index in [1.165, 1.54) is 11.1 Å². The van der Waals surface area contributed by atoms with Crippen molar-refractivity contribution >= 4 is 11.8 Å². The summed E-state index contributed by atoms with van der Waals surface area (Å²) >= 11 is 0. The Morgan fingerprint density at radius 1 is 0.792 bits per heavy atom. The number of fused-ring (bicyclic) bond motifs is 1. The van der Waals surface area contributed by atoms with Crippen molar-refractivity contribution in [2.24, 2.45) is 0 Å². The summed E-state index contributed by atoms with van der Waals surface area (Å²) in [5.74, 6) is 1.61. The number of hydrogen-bond donors (Lipinski definition) is 3. The number of benzene rings is 1. The molecule has 1 aromatic heterocycles. The van der Waals surface area contributed by atoms with Crippen molar-refractivity contribution in [3.8, 4) is 22.9 Å². The van der Waals surface area contributed by atoms with Crippen molar-refractivity contribution in [3.05, 3.63) is 59.9 Å². The molecular formula is C17H15N7. The zero-order valence-corrected chi connectivity index (χ0v) is 12.8. The number of nitrogens with two attached hydrogens (primary N) is 2. The lowest BCUT2D eigenvalue weighted by molar-refractivity contribution is 1.15. The highest BCUT2D eigenvalue weighted by Gasteiger charge is 2.17. The fourth-order valence-corrected chi connectivity index (χ4v) is 2.57. The minimum absolute atomic E-state index is 0.221. The van der Waals surface area contributed by atoms with E-state index in [2.05, 4.69) is 37.1 Å². The van der Waals surface area contributed by atoms with Crippen LogP contribution < -0.4 is 11.5 Å². The van der Waals surface area contributed by atoms with E-state index in [9.17, 15) is 0 Å². The summed E-state index contributed by atoms with van der Waals surface area (Å²) in [6.45, 7) is 0. The van der Waals surface area contributed by atoms with Crippen LogP contribution in [0.2, 0.25) is 0 Å². The van der Waals surface area contributed by atoms with E-state index in [1.54, 1.807) is 12.4 Å². The van der Waals surface area contributed by atoms with Crippen LogP contribution in [0.25, 0.3) is 22.9 Å². The molecule has 0 bridgehead atoms. The van der Waals surface area contributed by atoms with Gasteiger partial charge in [-0.15, -0.1) is 0 Å². The molecule has 0 saturated carbocycles. The molecule has 7 heteroatoms. The van der Waals surface area contributed by atoms with Crippen molar-refractivity contribution in [3.63, 3.8) is 0 Å². The van der Waals surface area contributed by atoms with Gasteiger partial charge >= 0.3 is 0 Å². The molecule has 5 N–H and O–H groups in total. The van der Waals surface area contributed by atoms with Crippen LogP contribution in [0.1, 0.15) is 11.1 Å². The second-order valence-corrected chi connectivity index (χ2v) is 5.48. The van der Waals surface area contributed by atoms with Crippen molar-refractivity contribution in [1.82, 2.24) is 24.9 Å². The van der Waals surface area contributed by atoms with Crippen LogP contribution in [0.3, 0.4) is 0 Å². The Kier molecular flexibility index (Phi) is 3.31. The Morgan fingerprint density at radius 2 is 1.50 bits per heavy atom. The topological polar surface area (TPSA) is 119 Å². The Labute approximate surface area is 138 Å². The molecule has 118 valence electrons. The van der Waals surface area contributed by atoms with E-state index in [0.29, 0.717) is 23.2 Å². The third-order valence-corrected chi connectivity index (χ3v) is 3.76. The molecule has 0 aliphatic carbocycles. The largest absolute Gasteiger partial charge is 0.383 e. The summed E-state index contributed by atoms with van der Waals surface area (Å²) in [7, 11) is 0. The van der Waals surface area contributed by atoms with Gasteiger partial charge in [0.05, 0.1) is 0 Å². The summed E-state index contributed by atoms with van der Waals surface area (Å²) in [6.07, 6.45) is 4.45. The van der Waals surface area contributed by atoms with E-state index in [4.69, 9.17) is 11.5 Å². The molecule has 0 unspecified atom stereocenters. The molecular weight excluding hydrogens is 302 g/mol. The van der Waals surface area contributed by atoms with Crippen LogP contribution in [0.5, 0.6) is 0 Å². The van der Waals surface area contributed by atoms with Gasteiger partial charge in [0.15, 0.2) is 17.3 Å². The summed E-state index contributed by atoms with van der Waals surface area (Å²) in [5, 5.41) is 0. The number of rotatable bonds is 3. The molecule has 4 rings (SSSR count). The first-order chi connectivity index (χ1) is 11.7. The smallest absolute Gasteiger partial charge is 0.201 e. The molecule has 2 aromatic rings. The molecule has 0 amide bonds. The fourth-order valence-electron chi connectivity index (χ4n) is 2.57. The lowest BCUT2D eigenvalue weighted by Crippen LogP contribution is -2.03. The molecule has 0 fully saturated rings. The van der Waals surface area contributed by atoms with Crippen LogP contribution in [-0.4, -0.2) is 24.9 Å². The maximum absolute atomic E-state index is 5.88. The SMILES string of the molecule is Nc1nc2nc(-c3ccc(Cc4ccncc4)cc3)nc-2c(N)[nH]1. The molecule has 1 aromatic carbocycles. The molecule has 0 atom stereocenters. The maximum atomic E-state index is 5.88. The highest BCUT2D eigenvalue weighted by atomic mass is 15.1. The van der Waals surface area contributed by atoms with Crippen molar-refractivity contribution in [2.45, 2.75) is 6.42 Å². The first kappa shape index (κ1) is 14.1. The molecule has 0 spiro atoms.